The number of hydrogen-bond acceptors (Lipinski definition) is 2. The van der Waals surface area contributed by atoms with Gasteiger partial charge in [0.15, 0.2) is 0 Å². The van der Waals surface area contributed by atoms with E-state index in [1.54, 1.807) is 12.1 Å². The molecule has 3 N–H and O–H groups in total. The van der Waals surface area contributed by atoms with Gasteiger partial charge in [-0.1, -0.05) is 6.07 Å². The largest absolute Gasteiger partial charge is 0.397 e. The van der Waals surface area contributed by atoms with Gasteiger partial charge in [0.1, 0.15) is 0 Å². The number of rotatable bonds is 3. The van der Waals surface area contributed by atoms with Crippen molar-refractivity contribution in [3.05, 3.63) is 78.1 Å². The van der Waals surface area contributed by atoms with Crippen LogP contribution < -0.4 is 11.1 Å². The predicted molar refractivity (Wildman–Crippen MR) is 89.3 cm³/mol. The van der Waals surface area contributed by atoms with Gasteiger partial charge in [0.05, 0.1) is 11.4 Å². The molecular formula is C18H17N3O. The van der Waals surface area contributed by atoms with E-state index in [9.17, 15) is 4.79 Å². The van der Waals surface area contributed by atoms with Crippen molar-refractivity contribution in [3.8, 4) is 5.69 Å². The van der Waals surface area contributed by atoms with E-state index < -0.39 is 0 Å². The van der Waals surface area contributed by atoms with Crippen molar-refractivity contribution in [2.24, 2.45) is 0 Å². The summed E-state index contributed by atoms with van der Waals surface area (Å²) in [4.78, 5) is 12.3. The van der Waals surface area contributed by atoms with Gasteiger partial charge in [-0.25, -0.2) is 0 Å². The number of nitrogen functional groups attached to an aromatic ring is 1. The lowest BCUT2D eigenvalue weighted by atomic mass is 10.1. The van der Waals surface area contributed by atoms with Gasteiger partial charge < -0.3 is 15.6 Å². The molecule has 3 rings (SSSR count). The first kappa shape index (κ1) is 13.9. The Morgan fingerprint density at radius 2 is 1.73 bits per heavy atom. The number of nitrogens with zero attached hydrogens (tertiary/aromatic N) is 1. The molecule has 0 aliphatic heterocycles. The SMILES string of the molecule is Cc1ccc(NC(=O)c2ccc(-n3cccc3)cc2)c(N)c1. The Morgan fingerprint density at radius 3 is 2.36 bits per heavy atom. The molecule has 0 saturated carbocycles. The van der Waals surface area contributed by atoms with Gasteiger partial charge in [0.2, 0.25) is 0 Å². The second-order valence-electron chi connectivity index (χ2n) is 5.18. The molecule has 1 heterocycles. The van der Waals surface area contributed by atoms with E-state index in [1.807, 2.05) is 66.3 Å². The number of anilines is 2. The molecule has 0 atom stereocenters. The average molecular weight is 291 g/mol. The number of hydrogen-bond donors (Lipinski definition) is 2. The Bertz CT molecular complexity index is 790. The lowest BCUT2D eigenvalue weighted by Gasteiger charge is -2.09. The van der Waals surface area contributed by atoms with Crippen molar-refractivity contribution in [2.75, 3.05) is 11.1 Å². The fourth-order valence-corrected chi connectivity index (χ4v) is 2.28. The number of benzene rings is 2. The molecule has 4 nitrogen and oxygen atoms in total. The van der Waals surface area contributed by atoms with Crippen LogP contribution in [0.4, 0.5) is 11.4 Å². The minimum absolute atomic E-state index is 0.172. The summed E-state index contributed by atoms with van der Waals surface area (Å²) < 4.78 is 1.99. The van der Waals surface area contributed by atoms with Crippen LogP contribution in [0, 0.1) is 6.92 Å². The molecule has 0 fully saturated rings. The fourth-order valence-electron chi connectivity index (χ4n) is 2.28. The van der Waals surface area contributed by atoms with Crippen LogP contribution in [-0.2, 0) is 0 Å². The van der Waals surface area contributed by atoms with E-state index in [4.69, 9.17) is 5.73 Å². The maximum atomic E-state index is 12.3. The minimum Gasteiger partial charge on any atom is -0.397 e. The number of aromatic nitrogens is 1. The number of amides is 1. The maximum absolute atomic E-state index is 12.3. The molecule has 1 aromatic heterocycles. The molecule has 0 radical (unpaired) electrons. The van der Waals surface area contributed by atoms with Gasteiger partial charge >= 0.3 is 0 Å². The average Bonchev–Trinajstić information content (AvgIpc) is 3.04. The third-order valence-electron chi connectivity index (χ3n) is 3.49. The normalized spacial score (nSPS) is 10.4. The van der Waals surface area contributed by atoms with Crippen molar-refractivity contribution in [3.63, 3.8) is 0 Å². The second kappa shape index (κ2) is 5.77. The van der Waals surface area contributed by atoms with Crippen molar-refractivity contribution in [1.29, 1.82) is 0 Å². The van der Waals surface area contributed by atoms with Gasteiger partial charge in [-0.2, -0.15) is 0 Å². The maximum Gasteiger partial charge on any atom is 0.255 e. The molecule has 4 heteroatoms. The van der Waals surface area contributed by atoms with E-state index in [0.717, 1.165) is 11.3 Å². The first-order valence-corrected chi connectivity index (χ1v) is 7.04. The van der Waals surface area contributed by atoms with Gasteiger partial charge in [0.25, 0.3) is 5.91 Å². The van der Waals surface area contributed by atoms with E-state index in [0.29, 0.717) is 16.9 Å². The standard InChI is InChI=1S/C18H17N3O/c1-13-4-9-17(16(19)12-13)20-18(22)14-5-7-15(8-6-14)21-10-2-3-11-21/h2-12H,19H2,1H3,(H,20,22). The smallest absolute Gasteiger partial charge is 0.255 e. The third-order valence-corrected chi connectivity index (χ3v) is 3.49. The van der Waals surface area contributed by atoms with Gasteiger partial charge in [-0.3, -0.25) is 4.79 Å². The van der Waals surface area contributed by atoms with E-state index >= 15 is 0 Å². The summed E-state index contributed by atoms with van der Waals surface area (Å²) in [5, 5.41) is 2.84. The monoisotopic (exact) mass is 291 g/mol. The van der Waals surface area contributed by atoms with E-state index in [-0.39, 0.29) is 5.91 Å². The summed E-state index contributed by atoms with van der Waals surface area (Å²) in [6.07, 6.45) is 3.92. The molecule has 0 spiro atoms. The van der Waals surface area contributed by atoms with Crippen LogP contribution in [0.15, 0.2) is 67.0 Å². The van der Waals surface area contributed by atoms with E-state index in [1.165, 1.54) is 0 Å². The highest BCUT2D eigenvalue weighted by molar-refractivity contribution is 6.05. The zero-order chi connectivity index (χ0) is 15.5. The molecule has 3 aromatic rings. The third kappa shape index (κ3) is 2.86. The molecule has 22 heavy (non-hydrogen) atoms. The first-order valence-electron chi connectivity index (χ1n) is 7.04. The summed E-state index contributed by atoms with van der Waals surface area (Å²) in [5.74, 6) is -0.172. The molecule has 110 valence electrons. The van der Waals surface area contributed by atoms with Gasteiger partial charge in [-0.05, 0) is 61.0 Å². The molecule has 2 aromatic carbocycles. The zero-order valence-electron chi connectivity index (χ0n) is 12.3. The van der Waals surface area contributed by atoms with Crippen LogP contribution in [0.3, 0.4) is 0 Å². The van der Waals surface area contributed by atoms with Crippen molar-refractivity contribution in [2.45, 2.75) is 6.92 Å². The molecule has 0 saturated heterocycles. The highest BCUT2D eigenvalue weighted by Crippen LogP contribution is 2.20. The Labute approximate surface area is 129 Å². The Kier molecular flexibility index (Phi) is 3.66. The van der Waals surface area contributed by atoms with E-state index in [2.05, 4.69) is 5.32 Å². The van der Waals surface area contributed by atoms with Crippen molar-refractivity contribution in [1.82, 2.24) is 4.57 Å². The Balaban J connectivity index is 1.77. The molecule has 0 aliphatic rings. The number of carbonyl (C=O) groups excluding carboxylic acids is 1. The minimum atomic E-state index is -0.172. The highest BCUT2D eigenvalue weighted by Gasteiger charge is 2.08. The Hall–Kier alpha value is -3.01. The number of nitrogens with one attached hydrogen (secondary N) is 1. The van der Waals surface area contributed by atoms with Crippen LogP contribution in [0.2, 0.25) is 0 Å². The summed E-state index contributed by atoms with van der Waals surface area (Å²) in [6.45, 7) is 1.96. The van der Waals surface area contributed by atoms with Gasteiger partial charge in [-0.15, -0.1) is 0 Å². The fraction of sp³-hybridized carbons (Fsp3) is 0.0556. The lowest BCUT2D eigenvalue weighted by Crippen LogP contribution is -2.13. The van der Waals surface area contributed by atoms with Crippen LogP contribution in [-0.4, -0.2) is 10.5 Å². The molecule has 0 aliphatic carbocycles. The topological polar surface area (TPSA) is 60.0 Å². The van der Waals surface area contributed by atoms with Crippen molar-refractivity contribution < 1.29 is 4.79 Å². The Morgan fingerprint density at radius 1 is 1.05 bits per heavy atom. The quantitative estimate of drug-likeness (QED) is 0.724. The lowest BCUT2D eigenvalue weighted by molar-refractivity contribution is 0.102. The summed E-state index contributed by atoms with van der Waals surface area (Å²) >= 11 is 0. The predicted octanol–water partition coefficient (Wildman–Crippen LogP) is 3.62. The summed E-state index contributed by atoms with van der Waals surface area (Å²) in [7, 11) is 0. The van der Waals surface area contributed by atoms with Crippen LogP contribution in [0.5, 0.6) is 0 Å². The summed E-state index contributed by atoms with van der Waals surface area (Å²) in [5.41, 5.74) is 9.78. The van der Waals surface area contributed by atoms with Crippen molar-refractivity contribution >= 4 is 17.3 Å². The first-order chi connectivity index (χ1) is 10.6. The number of carbonyl (C=O) groups is 1. The van der Waals surface area contributed by atoms with Crippen LogP contribution in [0.25, 0.3) is 5.69 Å². The number of nitrogens with two attached hydrogens (primary N) is 1. The molecule has 1 amide bonds. The zero-order valence-corrected chi connectivity index (χ0v) is 12.3. The molecule has 0 unspecified atom stereocenters. The van der Waals surface area contributed by atoms with Crippen LogP contribution >= 0.6 is 0 Å². The highest BCUT2D eigenvalue weighted by atomic mass is 16.1. The molecular weight excluding hydrogens is 274 g/mol. The number of aryl methyl sites for hydroxylation is 1. The van der Waals surface area contributed by atoms with Gasteiger partial charge in [0, 0.05) is 23.6 Å². The second-order valence-corrected chi connectivity index (χ2v) is 5.18. The van der Waals surface area contributed by atoms with Crippen LogP contribution in [0.1, 0.15) is 15.9 Å². The molecule has 0 bridgehead atoms. The summed E-state index contributed by atoms with van der Waals surface area (Å²) in [6, 6.07) is 16.9.